The van der Waals surface area contributed by atoms with Gasteiger partial charge in [0.2, 0.25) is 0 Å². The number of para-hydroxylation sites is 1. The highest BCUT2D eigenvalue weighted by Gasteiger charge is 2.30. The molecule has 0 radical (unpaired) electrons. The first-order valence-electron chi connectivity index (χ1n) is 8.14. The van der Waals surface area contributed by atoms with Crippen LogP contribution in [0.25, 0.3) is 5.69 Å². The van der Waals surface area contributed by atoms with Gasteiger partial charge in [-0.15, -0.1) is 0 Å². The molecule has 0 saturated heterocycles. The molecule has 0 unspecified atom stereocenters. The molecule has 0 aliphatic heterocycles. The first-order valence-corrected chi connectivity index (χ1v) is 8.14. The molecular formula is C16H21N5O3. The molecule has 0 spiro atoms. The summed E-state index contributed by atoms with van der Waals surface area (Å²) >= 11 is 0. The van der Waals surface area contributed by atoms with Crippen LogP contribution in [0.15, 0.2) is 35.3 Å². The van der Waals surface area contributed by atoms with Gasteiger partial charge in [0.15, 0.2) is 0 Å². The summed E-state index contributed by atoms with van der Waals surface area (Å²) in [6.45, 7) is 4.27. The fourth-order valence-corrected chi connectivity index (χ4v) is 3.21. The Morgan fingerprint density at radius 2 is 2.00 bits per heavy atom. The highest BCUT2D eigenvalue weighted by Crippen LogP contribution is 2.31. The highest BCUT2D eigenvalue weighted by atomic mass is 16.6. The first-order chi connectivity index (χ1) is 11.5. The first kappa shape index (κ1) is 16.2. The summed E-state index contributed by atoms with van der Waals surface area (Å²) in [6, 6.07) is 8.71. The molecule has 0 bridgehead atoms. The summed E-state index contributed by atoms with van der Waals surface area (Å²) in [5.41, 5.74) is 0.421. The van der Waals surface area contributed by atoms with Crippen molar-refractivity contribution in [1.29, 1.82) is 0 Å². The molecule has 0 amide bonds. The van der Waals surface area contributed by atoms with Crippen molar-refractivity contribution >= 4 is 5.82 Å². The Labute approximate surface area is 139 Å². The molecule has 2 aromatic rings. The van der Waals surface area contributed by atoms with Gasteiger partial charge in [0.25, 0.3) is 5.49 Å². The number of nitro groups is 1. The van der Waals surface area contributed by atoms with E-state index in [1.54, 1.807) is 24.3 Å². The Hall–Kier alpha value is -2.64. The van der Waals surface area contributed by atoms with Gasteiger partial charge in [0.05, 0.1) is 11.1 Å². The maximum atomic E-state index is 11.4. The lowest BCUT2D eigenvalue weighted by Gasteiger charge is -2.31. The van der Waals surface area contributed by atoms with Crippen LogP contribution in [0.5, 0.6) is 0 Å². The van der Waals surface area contributed by atoms with Crippen molar-refractivity contribution < 1.29 is 10.1 Å². The maximum Gasteiger partial charge on any atom is 0.438 e. The molecule has 8 nitrogen and oxygen atoms in total. The molecular weight excluding hydrogens is 310 g/mol. The van der Waals surface area contributed by atoms with Gasteiger partial charge < -0.3 is 15.3 Å². The van der Waals surface area contributed by atoms with Crippen molar-refractivity contribution in [2.45, 2.75) is 39.2 Å². The molecule has 1 heterocycles. The molecule has 3 atom stereocenters. The third kappa shape index (κ3) is 2.91. The van der Waals surface area contributed by atoms with E-state index >= 15 is 0 Å². The summed E-state index contributed by atoms with van der Waals surface area (Å²) in [4.78, 5) is 17.0. The second-order valence-corrected chi connectivity index (χ2v) is 6.38. The van der Waals surface area contributed by atoms with Gasteiger partial charge in [0, 0.05) is 0 Å². The van der Waals surface area contributed by atoms with Gasteiger partial charge in [0.1, 0.15) is 5.69 Å². The van der Waals surface area contributed by atoms with Gasteiger partial charge >= 0.3 is 5.82 Å². The van der Waals surface area contributed by atoms with E-state index in [4.69, 9.17) is 0 Å². The molecule has 1 fully saturated rings. The van der Waals surface area contributed by atoms with Crippen molar-refractivity contribution in [3.63, 3.8) is 0 Å². The molecule has 3 rings (SSSR count). The van der Waals surface area contributed by atoms with E-state index in [-0.39, 0.29) is 11.5 Å². The van der Waals surface area contributed by atoms with Gasteiger partial charge in [-0.1, -0.05) is 49.7 Å². The maximum absolute atomic E-state index is 11.4. The zero-order valence-corrected chi connectivity index (χ0v) is 13.7. The standard InChI is InChI=1S/C16H21N5O3/c1-11-7-6-10-14(12(11)2)17-15-16(21(23)24)18-19(20(15)22)13-8-4-3-5-9-13/h3-5,8-9,11-12,14,22H,6-7,10H2,1-2H3/t11-,12+,14-/m1/s1. The second kappa shape index (κ2) is 6.46. The fraction of sp³-hybridized carbons (Fsp3) is 0.500. The zero-order valence-electron chi connectivity index (χ0n) is 13.7. The number of hydrogen-bond donors (Lipinski definition) is 1. The van der Waals surface area contributed by atoms with E-state index in [9.17, 15) is 15.3 Å². The number of rotatable bonds is 3. The molecule has 8 heteroatoms. The third-order valence-electron chi connectivity index (χ3n) is 4.87. The SMILES string of the molecule is C[C@H]1[C@H](C)CCC[C@H]1N=c1c([N+](=O)[O-])nn(-c2ccccc2)n1O. The zero-order chi connectivity index (χ0) is 17.3. The van der Waals surface area contributed by atoms with Crippen LogP contribution in [0, 0.1) is 22.0 Å². The summed E-state index contributed by atoms with van der Waals surface area (Å²) in [5.74, 6) is 0.369. The Morgan fingerprint density at radius 1 is 1.29 bits per heavy atom. The lowest BCUT2D eigenvalue weighted by Crippen LogP contribution is -2.32. The minimum absolute atomic E-state index is 0.0562. The van der Waals surface area contributed by atoms with Crippen LogP contribution in [0.3, 0.4) is 0 Å². The van der Waals surface area contributed by atoms with Crippen LogP contribution in [0.4, 0.5) is 5.82 Å². The summed E-state index contributed by atoms with van der Waals surface area (Å²) in [6.07, 6.45) is 3.03. The van der Waals surface area contributed by atoms with Crippen molar-refractivity contribution in [2.24, 2.45) is 16.8 Å². The van der Waals surface area contributed by atoms with Crippen molar-refractivity contribution in [3.8, 4) is 5.69 Å². The highest BCUT2D eigenvalue weighted by molar-refractivity contribution is 5.29. The lowest BCUT2D eigenvalue weighted by atomic mass is 9.78. The minimum Gasteiger partial charge on any atom is -0.409 e. The molecule has 1 aliphatic carbocycles. The predicted octanol–water partition coefficient (Wildman–Crippen LogP) is 2.54. The monoisotopic (exact) mass is 331 g/mol. The fourth-order valence-electron chi connectivity index (χ4n) is 3.21. The molecule has 24 heavy (non-hydrogen) atoms. The average molecular weight is 331 g/mol. The van der Waals surface area contributed by atoms with E-state index in [2.05, 4.69) is 23.9 Å². The van der Waals surface area contributed by atoms with E-state index in [1.165, 1.54) is 0 Å². The minimum atomic E-state index is -0.609. The summed E-state index contributed by atoms with van der Waals surface area (Å²) in [7, 11) is 0. The smallest absolute Gasteiger partial charge is 0.409 e. The van der Waals surface area contributed by atoms with Crippen molar-refractivity contribution in [1.82, 2.24) is 14.7 Å². The van der Waals surface area contributed by atoms with Crippen LogP contribution in [0.1, 0.15) is 33.1 Å². The largest absolute Gasteiger partial charge is 0.438 e. The summed E-state index contributed by atoms with van der Waals surface area (Å²) in [5, 5.41) is 25.7. The third-order valence-corrected chi connectivity index (χ3v) is 4.87. The molecule has 1 aromatic heterocycles. The number of nitrogens with zero attached hydrogens (tertiary/aromatic N) is 5. The molecule has 1 N–H and O–H groups in total. The number of benzene rings is 1. The second-order valence-electron chi connectivity index (χ2n) is 6.38. The van der Waals surface area contributed by atoms with E-state index in [0.717, 1.165) is 24.1 Å². The topological polar surface area (TPSA) is 98.5 Å². The molecule has 1 aliphatic rings. The van der Waals surface area contributed by atoms with Gasteiger partial charge in [-0.3, -0.25) is 4.99 Å². The summed E-state index contributed by atoms with van der Waals surface area (Å²) < 4.78 is 0. The van der Waals surface area contributed by atoms with Crippen LogP contribution in [0.2, 0.25) is 0 Å². The number of aromatic nitrogens is 3. The Bertz CT molecular complexity index is 796. The number of hydrogen-bond acceptors (Lipinski definition) is 5. The van der Waals surface area contributed by atoms with Crippen LogP contribution < -0.4 is 5.49 Å². The van der Waals surface area contributed by atoms with Crippen LogP contribution in [-0.2, 0) is 0 Å². The van der Waals surface area contributed by atoms with Gasteiger partial charge in [-0.25, -0.2) is 0 Å². The Kier molecular flexibility index (Phi) is 4.37. The lowest BCUT2D eigenvalue weighted by molar-refractivity contribution is -0.391. The van der Waals surface area contributed by atoms with E-state index in [0.29, 0.717) is 22.4 Å². The molecule has 1 aromatic carbocycles. The molecule has 1 saturated carbocycles. The Balaban J connectivity index is 2.11. The molecule has 128 valence electrons. The van der Waals surface area contributed by atoms with Gasteiger partial charge in [-0.2, -0.15) is 0 Å². The van der Waals surface area contributed by atoms with E-state index in [1.807, 2.05) is 6.07 Å². The van der Waals surface area contributed by atoms with Crippen LogP contribution >= 0.6 is 0 Å². The normalized spacial score (nSPS) is 24.9. The van der Waals surface area contributed by atoms with Gasteiger partial charge in [-0.05, 0) is 40.1 Å². The predicted molar refractivity (Wildman–Crippen MR) is 86.9 cm³/mol. The average Bonchev–Trinajstić information content (AvgIpc) is 2.90. The van der Waals surface area contributed by atoms with E-state index < -0.39 is 10.7 Å². The van der Waals surface area contributed by atoms with Crippen LogP contribution in [-0.4, -0.2) is 30.9 Å². The Morgan fingerprint density at radius 3 is 2.67 bits per heavy atom. The van der Waals surface area contributed by atoms with Crippen molar-refractivity contribution in [2.75, 3.05) is 0 Å². The quantitative estimate of drug-likeness (QED) is 0.531. The van der Waals surface area contributed by atoms with Crippen molar-refractivity contribution in [3.05, 3.63) is 45.9 Å².